The van der Waals surface area contributed by atoms with Crippen molar-refractivity contribution in [2.75, 3.05) is 31.2 Å². The number of ether oxygens (including phenoxy) is 2. The lowest BCUT2D eigenvalue weighted by Gasteiger charge is -2.20. The maximum Gasteiger partial charge on any atom is 0.289 e. The molecule has 1 fully saturated rings. The second-order valence-electron chi connectivity index (χ2n) is 4.33. The molecule has 1 aliphatic heterocycles. The summed E-state index contributed by atoms with van der Waals surface area (Å²) in [6.45, 7) is 6.64. The summed E-state index contributed by atoms with van der Waals surface area (Å²) in [5.74, 6) is 1.67. The third-order valence-corrected chi connectivity index (χ3v) is 3.07. The Kier molecular flexibility index (Phi) is 4.42. The highest BCUT2D eigenvalue weighted by Gasteiger charge is 2.26. The van der Waals surface area contributed by atoms with Crippen LogP contribution in [0.3, 0.4) is 0 Å². The molecule has 0 spiro atoms. The largest absolute Gasteiger partial charge is 0.494 e. The standard InChI is InChI=1S/C14H19N3O2/c1-3-18-12-5-6-14(19-4-2)13(9-12)17-8-7-11(10-17)16-15/h5-6,9H,3-4,7-8,10H2,1-2H3. The minimum Gasteiger partial charge on any atom is -0.494 e. The monoisotopic (exact) mass is 261 g/mol. The zero-order valence-electron chi connectivity index (χ0n) is 11.4. The van der Waals surface area contributed by atoms with Crippen LogP contribution in [0.15, 0.2) is 18.2 Å². The number of rotatable bonds is 5. The van der Waals surface area contributed by atoms with Gasteiger partial charge in [0.05, 0.1) is 25.3 Å². The van der Waals surface area contributed by atoms with Gasteiger partial charge in [-0.25, -0.2) is 0 Å². The first-order valence-electron chi connectivity index (χ1n) is 6.62. The van der Waals surface area contributed by atoms with Crippen LogP contribution < -0.4 is 14.4 Å². The summed E-state index contributed by atoms with van der Waals surface area (Å²) in [6.07, 6.45) is 0.779. The molecule has 1 saturated heterocycles. The first-order valence-corrected chi connectivity index (χ1v) is 6.62. The Hall–Kier alpha value is -2.00. The molecule has 0 saturated carbocycles. The molecule has 0 amide bonds. The van der Waals surface area contributed by atoms with Crippen molar-refractivity contribution in [3.05, 3.63) is 23.7 Å². The fraction of sp³-hybridized carbons (Fsp3) is 0.500. The highest BCUT2D eigenvalue weighted by molar-refractivity contribution is 5.88. The van der Waals surface area contributed by atoms with Crippen molar-refractivity contribution >= 4 is 11.4 Å². The summed E-state index contributed by atoms with van der Waals surface area (Å²) < 4.78 is 11.2. The predicted molar refractivity (Wildman–Crippen MR) is 74.2 cm³/mol. The molecule has 0 aliphatic carbocycles. The van der Waals surface area contributed by atoms with Gasteiger partial charge >= 0.3 is 0 Å². The van der Waals surface area contributed by atoms with E-state index in [0.717, 1.165) is 35.9 Å². The first kappa shape index (κ1) is 13.4. The van der Waals surface area contributed by atoms with Crippen molar-refractivity contribution in [3.8, 4) is 11.5 Å². The number of hydrogen-bond acceptors (Lipinski definition) is 3. The molecule has 1 aromatic rings. The summed E-state index contributed by atoms with van der Waals surface area (Å²) in [6, 6.07) is 5.82. The van der Waals surface area contributed by atoms with Crippen molar-refractivity contribution in [2.45, 2.75) is 20.3 Å². The molecule has 102 valence electrons. The summed E-state index contributed by atoms with van der Waals surface area (Å²) in [5, 5.41) is 0. The molecule has 0 N–H and O–H groups in total. The Morgan fingerprint density at radius 3 is 2.68 bits per heavy atom. The molecule has 0 atom stereocenters. The Morgan fingerprint density at radius 1 is 1.26 bits per heavy atom. The Morgan fingerprint density at radius 2 is 2.05 bits per heavy atom. The predicted octanol–water partition coefficient (Wildman–Crippen LogP) is 2.36. The topological polar surface area (TPSA) is 58.1 Å². The van der Waals surface area contributed by atoms with Crippen LogP contribution in [0.2, 0.25) is 0 Å². The van der Waals surface area contributed by atoms with Crippen LogP contribution in [-0.4, -0.2) is 36.8 Å². The van der Waals surface area contributed by atoms with E-state index in [9.17, 15) is 0 Å². The van der Waals surface area contributed by atoms with Gasteiger partial charge in [0.1, 0.15) is 18.0 Å². The molecule has 1 aliphatic rings. The van der Waals surface area contributed by atoms with Gasteiger partial charge in [0.2, 0.25) is 0 Å². The fourth-order valence-corrected chi connectivity index (χ4v) is 2.21. The number of hydrogen-bond donors (Lipinski definition) is 0. The van der Waals surface area contributed by atoms with Crippen LogP contribution in [0.1, 0.15) is 20.3 Å². The summed E-state index contributed by atoms with van der Waals surface area (Å²) in [7, 11) is 0. The molecular formula is C14H19N3O2. The van der Waals surface area contributed by atoms with Crippen molar-refractivity contribution < 1.29 is 14.3 Å². The van der Waals surface area contributed by atoms with Gasteiger partial charge in [-0.05, 0) is 26.0 Å². The van der Waals surface area contributed by atoms with Gasteiger partial charge in [0.25, 0.3) is 5.71 Å². The minimum absolute atomic E-state index is 0.621. The smallest absolute Gasteiger partial charge is 0.289 e. The molecule has 5 nitrogen and oxygen atoms in total. The Balaban J connectivity index is 2.29. The van der Waals surface area contributed by atoms with Gasteiger partial charge in [0.15, 0.2) is 0 Å². The van der Waals surface area contributed by atoms with Crippen molar-refractivity contribution in [1.29, 1.82) is 0 Å². The number of anilines is 1. The molecule has 1 aromatic carbocycles. The number of benzene rings is 1. The molecule has 0 radical (unpaired) electrons. The van der Waals surface area contributed by atoms with Gasteiger partial charge in [-0.15, -0.1) is 0 Å². The Labute approximate surface area is 113 Å². The van der Waals surface area contributed by atoms with Crippen LogP contribution in [0.4, 0.5) is 5.69 Å². The molecule has 0 unspecified atom stereocenters. The van der Waals surface area contributed by atoms with E-state index in [1.54, 1.807) is 0 Å². The van der Waals surface area contributed by atoms with Crippen LogP contribution in [-0.2, 0) is 0 Å². The lowest BCUT2D eigenvalue weighted by molar-refractivity contribution is -0.00787. The fourth-order valence-electron chi connectivity index (χ4n) is 2.21. The zero-order valence-corrected chi connectivity index (χ0v) is 11.4. The summed E-state index contributed by atoms with van der Waals surface area (Å²) >= 11 is 0. The Bertz CT molecular complexity index is 495. The molecule has 1 heterocycles. The second-order valence-corrected chi connectivity index (χ2v) is 4.33. The molecule has 2 rings (SSSR count). The highest BCUT2D eigenvalue weighted by Crippen LogP contribution is 2.34. The van der Waals surface area contributed by atoms with E-state index in [1.807, 2.05) is 32.0 Å². The minimum atomic E-state index is 0.621. The van der Waals surface area contributed by atoms with E-state index in [0.29, 0.717) is 19.8 Å². The van der Waals surface area contributed by atoms with Gasteiger partial charge in [-0.2, -0.15) is 4.79 Å². The molecular weight excluding hydrogens is 242 g/mol. The SMILES string of the molecule is CCOc1ccc(OCC)c(N2CCC(=[N+]=[N-])C2)c1. The lowest BCUT2D eigenvalue weighted by atomic mass is 10.2. The van der Waals surface area contributed by atoms with E-state index in [4.69, 9.17) is 15.0 Å². The first-order chi connectivity index (χ1) is 9.28. The third kappa shape index (κ3) is 3.06. The van der Waals surface area contributed by atoms with Gasteiger partial charge in [-0.1, -0.05) is 0 Å². The molecule has 0 bridgehead atoms. The average molecular weight is 261 g/mol. The van der Waals surface area contributed by atoms with Crippen molar-refractivity contribution in [2.24, 2.45) is 0 Å². The average Bonchev–Trinajstić information content (AvgIpc) is 2.90. The van der Waals surface area contributed by atoms with Crippen LogP contribution in [0.5, 0.6) is 11.5 Å². The zero-order chi connectivity index (χ0) is 13.7. The van der Waals surface area contributed by atoms with Crippen molar-refractivity contribution in [3.63, 3.8) is 0 Å². The van der Waals surface area contributed by atoms with Crippen LogP contribution >= 0.6 is 0 Å². The van der Waals surface area contributed by atoms with Gasteiger partial charge < -0.3 is 19.9 Å². The quantitative estimate of drug-likeness (QED) is 0.604. The molecule has 19 heavy (non-hydrogen) atoms. The van der Waals surface area contributed by atoms with E-state index in [1.165, 1.54) is 0 Å². The summed E-state index contributed by atoms with van der Waals surface area (Å²) in [4.78, 5) is 5.44. The van der Waals surface area contributed by atoms with Crippen LogP contribution in [0, 0.1) is 0 Å². The molecule has 0 aromatic heterocycles. The van der Waals surface area contributed by atoms with Gasteiger partial charge in [-0.3, -0.25) is 0 Å². The van der Waals surface area contributed by atoms with E-state index in [2.05, 4.69) is 9.69 Å². The van der Waals surface area contributed by atoms with Gasteiger partial charge in [0, 0.05) is 12.6 Å². The van der Waals surface area contributed by atoms with Crippen molar-refractivity contribution in [1.82, 2.24) is 0 Å². The number of nitrogens with zero attached hydrogens (tertiary/aromatic N) is 3. The normalized spacial score (nSPS) is 14.4. The van der Waals surface area contributed by atoms with E-state index >= 15 is 0 Å². The van der Waals surface area contributed by atoms with E-state index < -0.39 is 0 Å². The second kappa shape index (κ2) is 6.25. The maximum atomic E-state index is 8.85. The maximum absolute atomic E-state index is 8.85. The lowest BCUT2D eigenvalue weighted by Crippen LogP contribution is -2.20. The highest BCUT2D eigenvalue weighted by atomic mass is 16.5. The van der Waals surface area contributed by atoms with Crippen LogP contribution in [0.25, 0.3) is 5.53 Å². The molecule has 5 heteroatoms. The third-order valence-electron chi connectivity index (χ3n) is 3.07. The summed E-state index contributed by atoms with van der Waals surface area (Å²) in [5.41, 5.74) is 10.6. The van der Waals surface area contributed by atoms with E-state index in [-0.39, 0.29) is 0 Å².